The second kappa shape index (κ2) is 6.27. The van der Waals surface area contributed by atoms with E-state index in [4.69, 9.17) is 4.74 Å². The van der Waals surface area contributed by atoms with Gasteiger partial charge in [0.15, 0.2) is 0 Å². The van der Waals surface area contributed by atoms with Crippen molar-refractivity contribution in [1.82, 2.24) is 9.55 Å². The van der Waals surface area contributed by atoms with Crippen molar-refractivity contribution in [3.63, 3.8) is 0 Å². The van der Waals surface area contributed by atoms with E-state index in [2.05, 4.69) is 45.9 Å². The summed E-state index contributed by atoms with van der Waals surface area (Å²) in [6, 6.07) is 16.8. The molecule has 3 aromatic rings. The van der Waals surface area contributed by atoms with Crippen LogP contribution in [0, 0.1) is 0 Å². The molecule has 0 saturated heterocycles. The zero-order valence-corrected chi connectivity index (χ0v) is 12.1. The zero-order chi connectivity index (χ0) is 14.5. The molecule has 0 atom stereocenters. The lowest BCUT2D eigenvalue weighted by Crippen LogP contribution is -2.00. The van der Waals surface area contributed by atoms with Gasteiger partial charge >= 0.3 is 0 Å². The van der Waals surface area contributed by atoms with Gasteiger partial charge in [-0.05, 0) is 35.2 Å². The average Bonchev–Trinajstić information content (AvgIpc) is 3.07. The smallest absolute Gasteiger partial charge is 0.118 e. The molecular formula is C18H18N2O. The van der Waals surface area contributed by atoms with Crippen molar-refractivity contribution in [3.8, 4) is 16.9 Å². The Morgan fingerprint density at radius 2 is 1.86 bits per heavy atom. The van der Waals surface area contributed by atoms with E-state index >= 15 is 0 Å². The van der Waals surface area contributed by atoms with Crippen molar-refractivity contribution in [2.24, 2.45) is 0 Å². The van der Waals surface area contributed by atoms with Gasteiger partial charge in [-0.1, -0.05) is 36.4 Å². The highest BCUT2D eigenvalue weighted by Crippen LogP contribution is 2.26. The Morgan fingerprint density at radius 1 is 1.05 bits per heavy atom. The highest BCUT2D eigenvalue weighted by molar-refractivity contribution is 5.68. The number of nitrogens with zero attached hydrogens (tertiary/aromatic N) is 2. The molecule has 3 rings (SSSR count). The Balaban J connectivity index is 1.84. The number of methoxy groups -OCH3 is 1. The Morgan fingerprint density at radius 3 is 2.57 bits per heavy atom. The lowest BCUT2D eigenvalue weighted by molar-refractivity contribution is 0.415. The number of benzene rings is 2. The third-order valence-electron chi connectivity index (χ3n) is 3.62. The van der Waals surface area contributed by atoms with E-state index in [0.29, 0.717) is 0 Å². The fourth-order valence-corrected chi connectivity index (χ4v) is 2.46. The lowest BCUT2D eigenvalue weighted by atomic mass is 9.97. The Kier molecular flexibility index (Phi) is 4.01. The summed E-state index contributed by atoms with van der Waals surface area (Å²) in [6.07, 6.45) is 6.65. The molecule has 3 heteroatoms. The topological polar surface area (TPSA) is 27.1 Å². The molecule has 0 amide bonds. The van der Waals surface area contributed by atoms with Crippen molar-refractivity contribution in [1.29, 1.82) is 0 Å². The molecule has 0 N–H and O–H groups in total. The molecule has 0 aliphatic rings. The summed E-state index contributed by atoms with van der Waals surface area (Å²) in [6.45, 7) is 0.938. The maximum absolute atomic E-state index is 5.22. The highest BCUT2D eigenvalue weighted by atomic mass is 16.5. The van der Waals surface area contributed by atoms with Crippen LogP contribution in [0.25, 0.3) is 11.1 Å². The Labute approximate surface area is 124 Å². The molecule has 3 nitrogen and oxygen atoms in total. The summed E-state index contributed by atoms with van der Waals surface area (Å²) in [5.74, 6) is 0.884. The molecule has 0 bridgehead atoms. The molecule has 1 aromatic heterocycles. The van der Waals surface area contributed by atoms with Crippen molar-refractivity contribution >= 4 is 0 Å². The van der Waals surface area contributed by atoms with Gasteiger partial charge in [-0.15, -0.1) is 0 Å². The van der Waals surface area contributed by atoms with Crippen molar-refractivity contribution < 1.29 is 4.74 Å². The molecule has 0 aliphatic carbocycles. The van der Waals surface area contributed by atoms with Crippen LogP contribution >= 0.6 is 0 Å². The van der Waals surface area contributed by atoms with Crippen LogP contribution in [0.5, 0.6) is 5.75 Å². The molecule has 2 aromatic carbocycles. The average molecular weight is 278 g/mol. The quantitative estimate of drug-likeness (QED) is 0.709. The molecule has 0 fully saturated rings. The molecule has 1 heterocycles. The van der Waals surface area contributed by atoms with Crippen LogP contribution < -0.4 is 4.74 Å². The molecular weight excluding hydrogens is 260 g/mol. The van der Waals surface area contributed by atoms with Crippen LogP contribution in [0.3, 0.4) is 0 Å². The van der Waals surface area contributed by atoms with Crippen LogP contribution in [-0.4, -0.2) is 16.7 Å². The van der Waals surface area contributed by atoms with Crippen LogP contribution in [0.4, 0.5) is 0 Å². The number of hydrogen-bond acceptors (Lipinski definition) is 2. The summed E-state index contributed by atoms with van der Waals surface area (Å²) < 4.78 is 7.32. The van der Waals surface area contributed by atoms with Crippen molar-refractivity contribution in [3.05, 3.63) is 72.8 Å². The molecule has 106 valence electrons. The summed E-state index contributed by atoms with van der Waals surface area (Å²) >= 11 is 0. The van der Waals surface area contributed by atoms with Gasteiger partial charge in [-0.2, -0.15) is 0 Å². The Bertz CT molecular complexity index is 688. The zero-order valence-electron chi connectivity index (χ0n) is 12.1. The van der Waals surface area contributed by atoms with E-state index < -0.39 is 0 Å². The molecule has 21 heavy (non-hydrogen) atoms. The minimum absolute atomic E-state index is 0.884. The standard InChI is InChI=1S/C18H18N2O/c1-21-17-8-6-16(7-9-17)18-5-3-2-4-15(18)10-12-20-13-11-19-14-20/h2-9,11,13-14H,10,12H2,1H3. The number of imidazole rings is 1. The lowest BCUT2D eigenvalue weighted by Gasteiger charge is -2.11. The normalized spacial score (nSPS) is 10.5. The first kappa shape index (κ1) is 13.4. The van der Waals surface area contributed by atoms with Gasteiger partial charge in [0.2, 0.25) is 0 Å². The van der Waals surface area contributed by atoms with Crippen LogP contribution in [0.15, 0.2) is 67.3 Å². The number of aryl methyl sites for hydroxylation is 2. The fraction of sp³-hybridized carbons (Fsp3) is 0.167. The Hall–Kier alpha value is -2.55. The van der Waals surface area contributed by atoms with Gasteiger partial charge in [0.25, 0.3) is 0 Å². The summed E-state index contributed by atoms with van der Waals surface area (Å²) in [5.41, 5.74) is 3.84. The van der Waals surface area contributed by atoms with Gasteiger partial charge in [0.1, 0.15) is 5.75 Å². The summed E-state index contributed by atoms with van der Waals surface area (Å²) in [5, 5.41) is 0. The number of hydrogen-bond donors (Lipinski definition) is 0. The van der Waals surface area contributed by atoms with Gasteiger partial charge in [-0.3, -0.25) is 0 Å². The maximum atomic E-state index is 5.22. The van der Waals surface area contributed by atoms with E-state index in [0.717, 1.165) is 18.7 Å². The summed E-state index contributed by atoms with van der Waals surface area (Å²) in [7, 11) is 1.69. The molecule has 0 spiro atoms. The van der Waals surface area contributed by atoms with E-state index in [1.54, 1.807) is 7.11 Å². The largest absolute Gasteiger partial charge is 0.497 e. The van der Waals surface area contributed by atoms with E-state index in [-0.39, 0.29) is 0 Å². The first-order valence-corrected chi connectivity index (χ1v) is 7.05. The molecule has 0 radical (unpaired) electrons. The molecule has 0 saturated carbocycles. The SMILES string of the molecule is COc1ccc(-c2ccccc2CCn2ccnc2)cc1. The van der Waals surface area contributed by atoms with Gasteiger partial charge in [-0.25, -0.2) is 4.98 Å². The van der Waals surface area contributed by atoms with Gasteiger partial charge < -0.3 is 9.30 Å². The van der Waals surface area contributed by atoms with Crippen LogP contribution in [0.2, 0.25) is 0 Å². The second-order valence-corrected chi connectivity index (χ2v) is 4.94. The van der Waals surface area contributed by atoms with Crippen molar-refractivity contribution in [2.45, 2.75) is 13.0 Å². The minimum Gasteiger partial charge on any atom is -0.497 e. The van der Waals surface area contributed by atoms with Gasteiger partial charge in [0.05, 0.1) is 13.4 Å². The monoisotopic (exact) mass is 278 g/mol. The minimum atomic E-state index is 0.884. The van der Waals surface area contributed by atoms with Crippen molar-refractivity contribution in [2.75, 3.05) is 7.11 Å². The molecule has 0 unspecified atom stereocenters. The third-order valence-corrected chi connectivity index (χ3v) is 3.62. The predicted octanol–water partition coefficient (Wildman–Crippen LogP) is 3.80. The second-order valence-electron chi connectivity index (χ2n) is 4.94. The summed E-state index contributed by atoms with van der Waals surface area (Å²) in [4.78, 5) is 4.08. The number of aromatic nitrogens is 2. The first-order chi connectivity index (χ1) is 10.4. The van der Waals surface area contributed by atoms with E-state index in [1.807, 2.05) is 30.9 Å². The number of ether oxygens (including phenoxy) is 1. The first-order valence-electron chi connectivity index (χ1n) is 7.05. The predicted molar refractivity (Wildman–Crippen MR) is 84.4 cm³/mol. The van der Waals surface area contributed by atoms with E-state index in [1.165, 1.54) is 16.7 Å². The third kappa shape index (κ3) is 3.14. The maximum Gasteiger partial charge on any atom is 0.118 e. The fourth-order valence-electron chi connectivity index (χ4n) is 2.46. The van der Waals surface area contributed by atoms with Crippen LogP contribution in [0.1, 0.15) is 5.56 Å². The highest BCUT2D eigenvalue weighted by Gasteiger charge is 2.05. The van der Waals surface area contributed by atoms with Crippen LogP contribution in [-0.2, 0) is 13.0 Å². The number of rotatable bonds is 5. The van der Waals surface area contributed by atoms with E-state index in [9.17, 15) is 0 Å². The molecule has 0 aliphatic heterocycles. The van der Waals surface area contributed by atoms with Gasteiger partial charge in [0, 0.05) is 18.9 Å².